The molecule has 0 radical (unpaired) electrons. The summed E-state index contributed by atoms with van der Waals surface area (Å²) in [7, 11) is 0. The third-order valence-corrected chi connectivity index (χ3v) is 11.7. The summed E-state index contributed by atoms with van der Waals surface area (Å²) in [4.78, 5) is 9.35. The Morgan fingerprint density at radius 1 is 0.636 bits per heavy atom. The number of anilines is 4. The van der Waals surface area contributed by atoms with Gasteiger partial charge in [-0.3, -0.25) is 0 Å². The van der Waals surface area contributed by atoms with Crippen LogP contribution in [0.15, 0.2) is 109 Å². The number of ether oxygens (including phenoxy) is 1. The maximum atomic E-state index is 6.58. The van der Waals surface area contributed by atoms with Crippen molar-refractivity contribution in [3.05, 3.63) is 150 Å². The molecule has 0 amide bonds. The molecule has 2 aromatic heterocycles. The minimum absolute atomic E-state index is 0. The average molecular weight is 905 g/mol. The Morgan fingerprint density at radius 3 is 2.05 bits per heavy atom. The quantitative estimate of drug-likeness (QED) is 0.156. The van der Waals surface area contributed by atoms with Crippen molar-refractivity contribution >= 4 is 44.6 Å². The summed E-state index contributed by atoms with van der Waals surface area (Å²) in [6.07, 6.45) is 1.90. The van der Waals surface area contributed by atoms with Crippen molar-refractivity contribution in [2.45, 2.75) is 80.1 Å². The molecule has 0 aliphatic carbocycles. The number of pyridine rings is 1. The fourth-order valence-electron chi connectivity index (χ4n) is 7.22. The molecule has 0 spiro atoms. The zero-order valence-corrected chi connectivity index (χ0v) is 35.8. The second kappa shape index (κ2) is 14.0. The molecule has 5 nitrogen and oxygen atoms in total. The number of fused-ring (bicyclic) bond motifs is 4. The van der Waals surface area contributed by atoms with Gasteiger partial charge >= 0.3 is 0 Å². The normalized spacial score (nSPS) is 13.3. The maximum absolute atomic E-state index is 6.58. The minimum atomic E-state index is -0.0186. The molecule has 3 heterocycles. The van der Waals surface area contributed by atoms with E-state index in [1.54, 1.807) is 0 Å². The summed E-state index contributed by atoms with van der Waals surface area (Å²) in [5.74, 6) is 2.09. The minimum Gasteiger partial charge on any atom is -0.509 e. The zero-order chi connectivity index (χ0) is 38.2. The van der Waals surface area contributed by atoms with Gasteiger partial charge in [-0.25, -0.2) is 4.98 Å². The first kappa shape index (κ1) is 38.4. The Hall–Kier alpha value is -4.86. The first-order valence-corrected chi connectivity index (χ1v) is 18.9. The number of hydrogen-bond donors (Lipinski definition) is 0. The Balaban J connectivity index is 0.00000465. The van der Waals surface area contributed by atoms with Crippen LogP contribution in [0.25, 0.3) is 27.6 Å². The van der Waals surface area contributed by atoms with Crippen LogP contribution in [0.3, 0.4) is 0 Å². The third-order valence-electron chi connectivity index (χ3n) is 11.7. The molecule has 7 aromatic rings. The summed E-state index contributed by atoms with van der Waals surface area (Å²) >= 11 is 0. The molecule has 6 heteroatoms. The molecular weight excluding hydrogens is 856 g/mol. The SMILES string of the molecule is Cc1cc2c(cc1C)N(c1cccc(C(C)(C)C(C)(C)C)c1)[CH-]N2c1[c-]c(Oc2[c-]c3c(cc2)c2ccccc2n3-c2cc(C(C)(C)C)ccn2)ccc1.[Pt]. The molecule has 0 fully saturated rings. The van der Waals surface area contributed by atoms with Crippen LogP contribution in [-0.2, 0) is 31.9 Å². The van der Waals surface area contributed by atoms with E-state index in [4.69, 9.17) is 9.72 Å². The second-order valence-electron chi connectivity index (χ2n) is 17.3. The summed E-state index contributed by atoms with van der Waals surface area (Å²) in [6.45, 7) is 24.8. The molecule has 5 aromatic carbocycles. The average Bonchev–Trinajstić information content (AvgIpc) is 3.66. The molecule has 0 atom stereocenters. The van der Waals surface area contributed by atoms with Crippen LogP contribution in [0, 0.1) is 38.1 Å². The molecule has 0 saturated heterocycles. The van der Waals surface area contributed by atoms with Gasteiger partial charge < -0.3 is 19.1 Å². The largest absolute Gasteiger partial charge is 0.509 e. The van der Waals surface area contributed by atoms with E-state index < -0.39 is 0 Å². The van der Waals surface area contributed by atoms with E-state index in [0.717, 1.165) is 50.4 Å². The number of para-hydroxylation sites is 1. The molecule has 0 saturated carbocycles. The molecule has 0 N–H and O–H groups in total. The first-order valence-electron chi connectivity index (χ1n) is 18.9. The molecular formula is C49H49N4OPt-3. The fraction of sp³-hybridized carbons (Fsp3) is 0.265. The van der Waals surface area contributed by atoms with Gasteiger partial charge in [0.15, 0.2) is 0 Å². The van der Waals surface area contributed by atoms with Crippen molar-refractivity contribution in [2.24, 2.45) is 5.41 Å². The molecule has 1 aliphatic heterocycles. The van der Waals surface area contributed by atoms with Crippen LogP contribution in [0.4, 0.5) is 22.7 Å². The van der Waals surface area contributed by atoms with Crippen molar-refractivity contribution in [3.8, 4) is 17.3 Å². The topological polar surface area (TPSA) is 33.5 Å². The van der Waals surface area contributed by atoms with Crippen LogP contribution < -0.4 is 14.5 Å². The summed E-state index contributed by atoms with van der Waals surface area (Å²) < 4.78 is 8.77. The smallest absolute Gasteiger partial charge is 0.135 e. The van der Waals surface area contributed by atoms with E-state index in [0.29, 0.717) is 11.5 Å². The van der Waals surface area contributed by atoms with Crippen molar-refractivity contribution in [1.82, 2.24) is 9.55 Å². The molecule has 8 rings (SSSR count). The Labute approximate surface area is 341 Å². The molecule has 284 valence electrons. The van der Waals surface area contributed by atoms with Crippen molar-refractivity contribution in [3.63, 3.8) is 0 Å². The van der Waals surface area contributed by atoms with E-state index >= 15 is 0 Å². The monoisotopic (exact) mass is 904 g/mol. The standard InChI is InChI=1S/C49H49N4O.Pt/c1-32-25-44-45(26-33(32)2)52(31-51(44)36-16-13-15-35(27-36)49(9,10)48(6,7)8)37-17-14-18-38(29-37)54-39-21-22-41-40-19-11-12-20-42(40)53(43(41)30-39)46-28-34(23-24-50-46)47(3,4)5;/h11-28,31H,1-10H3;/q-3;. The van der Waals surface area contributed by atoms with Gasteiger partial charge in [0.25, 0.3) is 0 Å². The molecule has 0 unspecified atom stereocenters. The van der Waals surface area contributed by atoms with Crippen molar-refractivity contribution in [2.75, 3.05) is 9.80 Å². The van der Waals surface area contributed by atoms with Gasteiger partial charge in [0.1, 0.15) is 5.82 Å². The number of aromatic nitrogens is 2. The van der Waals surface area contributed by atoms with Crippen molar-refractivity contribution in [1.29, 1.82) is 0 Å². The van der Waals surface area contributed by atoms with E-state index in [-0.39, 0.29) is 37.3 Å². The van der Waals surface area contributed by atoms with E-state index in [9.17, 15) is 0 Å². The fourth-order valence-corrected chi connectivity index (χ4v) is 7.22. The Kier molecular flexibility index (Phi) is 9.79. The van der Waals surface area contributed by atoms with Crippen LogP contribution in [0.1, 0.15) is 77.6 Å². The molecule has 0 bridgehead atoms. The first-order chi connectivity index (χ1) is 25.6. The van der Waals surface area contributed by atoms with Crippen LogP contribution in [0.5, 0.6) is 11.5 Å². The number of rotatable bonds is 6. The van der Waals surface area contributed by atoms with Crippen LogP contribution in [-0.4, -0.2) is 9.55 Å². The van der Waals surface area contributed by atoms with Gasteiger partial charge in [-0.2, -0.15) is 12.1 Å². The molecule has 55 heavy (non-hydrogen) atoms. The Bertz CT molecular complexity index is 2550. The number of nitrogens with zero attached hydrogens (tertiary/aromatic N) is 4. The third kappa shape index (κ3) is 6.86. The number of aryl methyl sites for hydroxylation is 2. The van der Waals surface area contributed by atoms with Gasteiger partial charge in [-0.1, -0.05) is 91.2 Å². The second-order valence-corrected chi connectivity index (χ2v) is 17.3. The molecule has 1 aliphatic rings. The maximum Gasteiger partial charge on any atom is 0.135 e. The van der Waals surface area contributed by atoms with Crippen LogP contribution in [0.2, 0.25) is 0 Å². The predicted octanol–water partition coefficient (Wildman–Crippen LogP) is 13.2. The zero-order valence-electron chi connectivity index (χ0n) is 33.5. The summed E-state index contributed by atoms with van der Waals surface area (Å²) in [5.41, 5.74) is 11.4. The predicted molar refractivity (Wildman–Crippen MR) is 225 cm³/mol. The summed E-state index contributed by atoms with van der Waals surface area (Å²) in [5, 5.41) is 2.25. The van der Waals surface area contributed by atoms with Gasteiger partial charge in [0, 0.05) is 61.3 Å². The van der Waals surface area contributed by atoms with Crippen molar-refractivity contribution < 1.29 is 25.8 Å². The Morgan fingerprint density at radius 2 is 1.33 bits per heavy atom. The number of hydrogen-bond acceptors (Lipinski definition) is 4. The van der Waals surface area contributed by atoms with E-state index in [2.05, 4.69) is 187 Å². The van der Waals surface area contributed by atoms with Gasteiger partial charge in [-0.15, -0.1) is 48.1 Å². The van der Waals surface area contributed by atoms with E-state index in [1.807, 2.05) is 24.4 Å². The van der Waals surface area contributed by atoms with E-state index in [1.165, 1.54) is 22.3 Å². The van der Waals surface area contributed by atoms with Gasteiger partial charge in [-0.05, 0) is 100 Å². The summed E-state index contributed by atoms with van der Waals surface area (Å²) in [6, 6.07) is 43.7. The van der Waals surface area contributed by atoms with Gasteiger partial charge in [0.05, 0.1) is 0 Å². The van der Waals surface area contributed by atoms with Crippen LogP contribution >= 0.6 is 0 Å². The number of benzene rings is 5. The van der Waals surface area contributed by atoms with Gasteiger partial charge in [0.2, 0.25) is 0 Å².